The Kier molecular flexibility index (Phi) is 10.1. The molecule has 1 aliphatic heterocycles. The normalized spacial score (nSPS) is 11.7. The molecule has 5 nitrogen and oxygen atoms in total. The summed E-state index contributed by atoms with van der Waals surface area (Å²) in [6, 6.07) is 9.99. The maximum Gasteiger partial charge on any atom is 0.441 e. The lowest BCUT2D eigenvalue weighted by atomic mass is 10.1. The Hall–Kier alpha value is -2.33. The van der Waals surface area contributed by atoms with Crippen LogP contribution >= 0.6 is 23.1 Å². The number of halogens is 3. The van der Waals surface area contributed by atoms with Crippen molar-refractivity contribution >= 4 is 55.5 Å². The van der Waals surface area contributed by atoms with Crippen molar-refractivity contribution in [3.05, 3.63) is 41.5 Å². The second-order valence-corrected chi connectivity index (χ2v) is 7.92. The molecule has 3 aromatic rings. The standard InChI is InChI=1S/C8H11N3.C8H8N2S.C2H3F3S.C2H6/c9-6-3-5-1-2-11-8(5)4-7(6)10;1-5-2-3-6-7(4-5)11-8(9)10-6;1-6-2(3,4)5;1-2/h3-4,11H,1-2,9-10H2;2-4H,1H3,(H2,9,10);1H3;1-2H3. The summed E-state index contributed by atoms with van der Waals surface area (Å²) in [7, 11) is 0. The first-order valence-corrected chi connectivity index (χ1v) is 11.3. The van der Waals surface area contributed by atoms with Gasteiger partial charge in [0.1, 0.15) is 0 Å². The van der Waals surface area contributed by atoms with E-state index in [9.17, 15) is 13.2 Å². The summed E-state index contributed by atoms with van der Waals surface area (Å²) in [6.07, 6.45) is 2.06. The van der Waals surface area contributed by atoms with Crippen molar-refractivity contribution in [3.63, 3.8) is 0 Å². The number of anilines is 4. The molecule has 0 amide bonds. The van der Waals surface area contributed by atoms with Crippen LogP contribution in [0.3, 0.4) is 0 Å². The Bertz CT molecular complexity index is 913. The van der Waals surface area contributed by atoms with Crippen LogP contribution in [0.5, 0.6) is 0 Å². The molecule has 0 atom stereocenters. The van der Waals surface area contributed by atoms with E-state index in [1.807, 2.05) is 38.1 Å². The third-order valence-electron chi connectivity index (χ3n) is 3.81. The zero-order valence-electron chi connectivity index (χ0n) is 17.4. The zero-order valence-corrected chi connectivity index (χ0v) is 19.1. The minimum atomic E-state index is -4.04. The maximum absolute atomic E-state index is 10.7. The van der Waals surface area contributed by atoms with Gasteiger partial charge in [-0.3, -0.25) is 0 Å². The summed E-state index contributed by atoms with van der Waals surface area (Å²) in [5.74, 6) is 0. The molecule has 0 radical (unpaired) electrons. The molecule has 0 fully saturated rings. The molecule has 0 saturated carbocycles. The van der Waals surface area contributed by atoms with E-state index < -0.39 is 5.51 Å². The van der Waals surface area contributed by atoms with Gasteiger partial charge in [0.25, 0.3) is 0 Å². The first-order chi connectivity index (χ1) is 14.1. The fraction of sp³-hybridized carbons (Fsp3) is 0.350. The van der Waals surface area contributed by atoms with E-state index in [1.165, 1.54) is 27.2 Å². The fourth-order valence-corrected chi connectivity index (χ4v) is 3.27. The quantitative estimate of drug-likeness (QED) is 0.312. The van der Waals surface area contributed by atoms with Gasteiger partial charge in [-0.25, -0.2) is 4.98 Å². The van der Waals surface area contributed by atoms with Crippen LogP contribution in [0.15, 0.2) is 30.3 Å². The number of fused-ring (bicyclic) bond motifs is 2. The molecular formula is C20H28F3N5S2. The van der Waals surface area contributed by atoms with E-state index in [2.05, 4.69) is 23.3 Å². The van der Waals surface area contributed by atoms with Crippen LogP contribution < -0.4 is 22.5 Å². The third-order valence-corrected chi connectivity index (χ3v) is 5.12. The average Bonchev–Trinajstić information content (AvgIpc) is 3.29. The van der Waals surface area contributed by atoms with Gasteiger partial charge in [0.15, 0.2) is 5.13 Å². The molecule has 2 aromatic carbocycles. The number of benzene rings is 2. The lowest BCUT2D eigenvalue weighted by molar-refractivity contribution is -0.0323. The SMILES string of the molecule is CC.CSC(F)(F)F.Cc1ccc2nc(N)sc2c1.Nc1cc2c(cc1N)NCC2. The number of thiazole rings is 1. The smallest absolute Gasteiger partial charge is 0.397 e. The monoisotopic (exact) mass is 459 g/mol. The van der Waals surface area contributed by atoms with Crippen molar-refractivity contribution in [1.82, 2.24) is 4.98 Å². The Morgan fingerprint density at radius 2 is 1.67 bits per heavy atom. The van der Waals surface area contributed by atoms with Crippen LogP contribution in [0.2, 0.25) is 0 Å². The van der Waals surface area contributed by atoms with E-state index >= 15 is 0 Å². The zero-order chi connectivity index (χ0) is 22.9. The van der Waals surface area contributed by atoms with E-state index in [1.54, 1.807) is 0 Å². The molecule has 0 spiro atoms. The average molecular weight is 460 g/mol. The second kappa shape index (κ2) is 11.8. The van der Waals surface area contributed by atoms with Crippen LogP contribution in [0.1, 0.15) is 25.0 Å². The number of alkyl halides is 3. The molecule has 7 N–H and O–H groups in total. The van der Waals surface area contributed by atoms with Gasteiger partial charge in [-0.15, -0.1) is 0 Å². The molecule has 0 aliphatic carbocycles. The number of nitrogens with one attached hydrogen (secondary N) is 1. The number of aryl methyl sites for hydroxylation is 1. The number of aromatic nitrogens is 1. The van der Waals surface area contributed by atoms with Crippen molar-refractivity contribution < 1.29 is 13.2 Å². The highest BCUT2D eigenvalue weighted by Gasteiger charge is 2.24. The number of nitrogens with zero attached hydrogens (tertiary/aromatic N) is 1. The number of nitrogen functional groups attached to an aromatic ring is 3. The summed E-state index contributed by atoms with van der Waals surface area (Å²) in [5.41, 5.74) is 18.8. The van der Waals surface area contributed by atoms with Crippen LogP contribution in [0.4, 0.5) is 35.4 Å². The largest absolute Gasteiger partial charge is 0.441 e. The number of nitrogens with two attached hydrogens (primary N) is 3. The molecule has 2 heterocycles. The second-order valence-electron chi connectivity index (χ2n) is 5.99. The summed E-state index contributed by atoms with van der Waals surface area (Å²) in [5, 5.41) is 3.88. The van der Waals surface area contributed by atoms with E-state index in [0.717, 1.165) is 30.4 Å². The Morgan fingerprint density at radius 3 is 2.27 bits per heavy atom. The number of hydrogen-bond acceptors (Lipinski definition) is 7. The predicted octanol–water partition coefficient (Wildman–Crippen LogP) is 5.90. The van der Waals surface area contributed by atoms with E-state index in [4.69, 9.17) is 17.2 Å². The Balaban J connectivity index is 0.000000226. The molecule has 0 saturated heterocycles. The van der Waals surface area contributed by atoms with Crippen molar-refractivity contribution in [2.45, 2.75) is 32.7 Å². The fourth-order valence-electron chi connectivity index (χ4n) is 2.43. The summed E-state index contributed by atoms with van der Waals surface area (Å²) in [6.45, 7) is 7.06. The molecule has 1 aromatic heterocycles. The lowest BCUT2D eigenvalue weighted by Crippen LogP contribution is -1.96. The maximum atomic E-state index is 10.7. The first kappa shape index (κ1) is 25.7. The minimum Gasteiger partial charge on any atom is -0.397 e. The van der Waals surface area contributed by atoms with Crippen LogP contribution in [0.25, 0.3) is 10.2 Å². The summed E-state index contributed by atoms with van der Waals surface area (Å²) < 4.78 is 33.4. The van der Waals surface area contributed by atoms with Crippen molar-refractivity contribution in [1.29, 1.82) is 0 Å². The van der Waals surface area contributed by atoms with Gasteiger partial charge in [0, 0.05) is 12.2 Å². The lowest BCUT2D eigenvalue weighted by Gasteiger charge is -2.03. The van der Waals surface area contributed by atoms with Crippen LogP contribution in [0, 0.1) is 6.92 Å². The highest BCUT2D eigenvalue weighted by molar-refractivity contribution is 7.99. The van der Waals surface area contributed by atoms with Crippen LogP contribution in [-0.4, -0.2) is 23.3 Å². The summed E-state index contributed by atoms with van der Waals surface area (Å²) in [4.78, 5) is 4.15. The number of rotatable bonds is 0. The molecule has 30 heavy (non-hydrogen) atoms. The molecule has 1 aliphatic rings. The van der Waals surface area contributed by atoms with E-state index in [0.29, 0.717) is 16.5 Å². The van der Waals surface area contributed by atoms with Crippen molar-refractivity contribution in [3.8, 4) is 0 Å². The first-order valence-electron chi connectivity index (χ1n) is 9.25. The molecular weight excluding hydrogens is 431 g/mol. The predicted molar refractivity (Wildman–Crippen MR) is 127 cm³/mol. The third kappa shape index (κ3) is 8.19. The van der Waals surface area contributed by atoms with Gasteiger partial charge in [-0.1, -0.05) is 43.0 Å². The molecule has 0 unspecified atom stereocenters. The molecule has 166 valence electrons. The Morgan fingerprint density at radius 1 is 1.07 bits per heavy atom. The summed E-state index contributed by atoms with van der Waals surface area (Å²) >= 11 is 1.41. The highest BCUT2D eigenvalue weighted by atomic mass is 32.2. The van der Waals surface area contributed by atoms with Crippen LogP contribution in [-0.2, 0) is 6.42 Å². The van der Waals surface area contributed by atoms with E-state index in [-0.39, 0.29) is 11.8 Å². The topological polar surface area (TPSA) is 103 Å². The van der Waals surface area contributed by atoms with Crippen molar-refractivity contribution in [2.24, 2.45) is 0 Å². The molecule has 4 rings (SSSR count). The van der Waals surface area contributed by atoms with Gasteiger partial charge in [0.2, 0.25) is 0 Å². The number of hydrogen-bond donors (Lipinski definition) is 4. The molecule has 0 bridgehead atoms. The minimum absolute atomic E-state index is 0.118. The van der Waals surface area contributed by atoms with Crippen molar-refractivity contribution in [2.75, 3.05) is 35.3 Å². The van der Waals surface area contributed by atoms with Gasteiger partial charge in [0.05, 0.1) is 21.6 Å². The van der Waals surface area contributed by atoms with Gasteiger partial charge in [-0.05, 0) is 55.0 Å². The number of thioether (sulfide) groups is 1. The van der Waals surface area contributed by atoms with Gasteiger partial charge in [-0.2, -0.15) is 13.2 Å². The highest BCUT2D eigenvalue weighted by Crippen LogP contribution is 2.29. The van der Waals surface area contributed by atoms with Gasteiger partial charge < -0.3 is 22.5 Å². The molecule has 10 heteroatoms. The van der Waals surface area contributed by atoms with Gasteiger partial charge >= 0.3 is 5.51 Å². The Labute approximate surface area is 183 Å².